The highest BCUT2D eigenvalue weighted by molar-refractivity contribution is 7.13. The van der Waals surface area contributed by atoms with Gasteiger partial charge >= 0.3 is 12.0 Å². The summed E-state index contributed by atoms with van der Waals surface area (Å²) < 4.78 is 0. The number of aromatic nitrogens is 1. The molecular weight excluding hydrogens is 242 g/mol. The van der Waals surface area contributed by atoms with Crippen LogP contribution in [-0.4, -0.2) is 28.1 Å². The molecule has 0 bridgehead atoms. The second kappa shape index (κ2) is 6.85. The van der Waals surface area contributed by atoms with Gasteiger partial charge in [-0.2, -0.15) is 0 Å². The second-order valence-electron chi connectivity index (χ2n) is 3.52. The number of thiazole rings is 1. The van der Waals surface area contributed by atoms with Crippen molar-refractivity contribution in [3.8, 4) is 0 Å². The van der Waals surface area contributed by atoms with Crippen molar-refractivity contribution in [2.45, 2.75) is 32.2 Å². The van der Waals surface area contributed by atoms with Crippen molar-refractivity contribution in [2.75, 3.05) is 5.32 Å². The van der Waals surface area contributed by atoms with Gasteiger partial charge in [-0.3, -0.25) is 10.1 Å². The first kappa shape index (κ1) is 13.4. The number of hydrogen-bond acceptors (Lipinski definition) is 4. The van der Waals surface area contributed by atoms with Gasteiger partial charge in [-0.25, -0.2) is 9.78 Å². The van der Waals surface area contributed by atoms with Crippen LogP contribution >= 0.6 is 11.3 Å². The van der Waals surface area contributed by atoms with Gasteiger partial charge in [-0.05, 0) is 6.42 Å². The van der Waals surface area contributed by atoms with Gasteiger partial charge in [-0.15, -0.1) is 11.3 Å². The lowest BCUT2D eigenvalue weighted by Gasteiger charge is -2.15. The molecule has 1 rings (SSSR count). The van der Waals surface area contributed by atoms with E-state index in [1.165, 1.54) is 11.3 Å². The third-order valence-corrected chi connectivity index (χ3v) is 2.73. The standard InChI is InChI=1S/C10H15N3O3S/c1-2-3-7(6-8(14)15)12-9(16)13-10-11-4-5-17-10/h4-5,7H,2-3,6H2,1H3,(H,14,15)(H2,11,12,13,16). The van der Waals surface area contributed by atoms with Gasteiger partial charge in [-0.1, -0.05) is 13.3 Å². The third-order valence-electron chi connectivity index (χ3n) is 2.05. The normalized spacial score (nSPS) is 11.8. The summed E-state index contributed by atoms with van der Waals surface area (Å²) in [5.74, 6) is -0.919. The van der Waals surface area contributed by atoms with E-state index >= 15 is 0 Å². The molecule has 1 heterocycles. The SMILES string of the molecule is CCCC(CC(=O)O)NC(=O)Nc1nccs1. The molecule has 1 aromatic heterocycles. The van der Waals surface area contributed by atoms with E-state index in [1.807, 2.05) is 6.92 Å². The van der Waals surface area contributed by atoms with Crippen molar-refractivity contribution in [2.24, 2.45) is 0 Å². The summed E-state index contributed by atoms with van der Waals surface area (Å²) in [6.07, 6.45) is 2.97. The van der Waals surface area contributed by atoms with Gasteiger partial charge in [0.15, 0.2) is 5.13 Å². The Labute approximate surface area is 103 Å². The van der Waals surface area contributed by atoms with Crippen LogP contribution in [-0.2, 0) is 4.79 Å². The number of nitrogens with one attached hydrogen (secondary N) is 2. The lowest BCUT2D eigenvalue weighted by molar-refractivity contribution is -0.137. The molecule has 0 radical (unpaired) electrons. The minimum atomic E-state index is -0.919. The van der Waals surface area contributed by atoms with Crippen molar-refractivity contribution in [1.82, 2.24) is 10.3 Å². The van der Waals surface area contributed by atoms with E-state index in [0.717, 1.165) is 6.42 Å². The number of carboxylic acid groups (broad SMARTS) is 1. The predicted molar refractivity (Wildman–Crippen MR) is 65.2 cm³/mol. The fraction of sp³-hybridized carbons (Fsp3) is 0.500. The Morgan fingerprint density at radius 3 is 2.88 bits per heavy atom. The highest BCUT2D eigenvalue weighted by Crippen LogP contribution is 2.10. The molecule has 0 spiro atoms. The zero-order chi connectivity index (χ0) is 12.7. The quantitative estimate of drug-likeness (QED) is 0.726. The molecule has 0 saturated carbocycles. The first-order chi connectivity index (χ1) is 8.11. The summed E-state index contributed by atoms with van der Waals surface area (Å²) >= 11 is 1.31. The van der Waals surface area contributed by atoms with Gasteiger partial charge in [0.05, 0.1) is 6.42 Å². The molecule has 17 heavy (non-hydrogen) atoms. The Bertz CT molecular complexity index is 367. The lowest BCUT2D eigenvalue weighted by Crippen LogP contribution is -2.39. The van der Waals surface area contributed by atoms with Gasteiger partial charge in [0.1, 0.15) is 0 Å². The number of aliphatic carboxylic acids is 1. The summed E-state index contributed by atoms with van der Waals surface area (Å²) in [4.78, 5) is 26.0. The second-order valence-corrected chi connectivity index (χ2v) is 4.41. The van der Waals surface area contributed by atoms with Gasteiger partial charge in [0, 0.05) is 17.6 Å². The number of hydrogen-bond donors (Lipinski definition) is 3. The number of rotatable bonds is 6. The van der Waals surface area contributed by atoms with Crippen LogP contribution in [0.1, 0.15) is 26.2 Å². The molecule has 0 aliphatic carbocycles. The molecule has 0 aromatic carbocycles. The van der Waals surface area contributed by atoms with Crippen molar-refractivity contribution in [1.29, 1.82) is 0 Å². The molecule has 1 atom stereocenters. The molecule has 0 aliphatic rings. The minimum Gasteiger partial charge on any atom is -0.481 e. The fourth-order valence-electron chi connectivity index (χ4n) is 1.39. The molecular formula is C10H15N3O3S. The maximum Gasteiger partial charge on any atom is 0.321 e. The summed E-state index contributed by atoms with van der Waals surface area (Å²) in [7, 11) is 0. The van der Waals surface area contributed by atoms with E-state index in [1.54, 1.807) is 11.6 Å². The lowest BCUT2D eigenvalue weighted by atomic mass is 10.1. The number of carbonyl (C=O) groups is 2. The molecule has 0 fully saturated rings. The van der Waals surface area contributed by atoms with Crippen molar-refractivity contribution in [3.63, 3.8) is 0 Å². The Kier molecular flexibility index (Phi) is 5.41. The molecule has 1 unspecified atom stereocenters. The summed E-state index contributed by atoms with van der Waals surface area (Å²) in [6.45, 7) is 1.94. The molecule has 6 nitrogen and oxygen atoms in total. The minimum absolute atomic E-state index is 0.0703. The number of nitrogens with zero attached hydrogens (tertiary/aromatic N) is 1. The summed E-state index contributed by atoms with van der Waals surface area (Å²) in [6, 6.07) is -0.767. The predicted octanol–water partition coefficient (Wildman–Crippen LogP) is 1.91. The van der Waals surface area contributed by atoms with E-state index in [4.69, 9.17) is 5.11 Å². The first-order valence-electron chi connectivity index (χ1n) is 5.30. The number of carboxylic acids is 1. The molecule has 0 aliphatic heterocycles. The topological polar surface area (TPSA) is 91.3 Å². The zero-order valence-electron chi connectivity index (χ0n) is 9.47. The number of carbonyl (C=O) groups excluding carboxylic acids is 1. The van der Waals surface area contributed by atoms with Crippen molar-refractivity contribution >= 4 is 28.5 Å². The van der Waals surface area contributed by atoms with Crippen LogP contribution in [0.2, 0.25) is 0 Å². The Hall–Kier alpha value is -1.63. The average Bonchev–Trinajstić information content (AvgIpc) is 2.69. The van der Waals surface area contributed by atoms with E-state index in [2.05, 4.69) is 15.6 Å². The highest BCUT2D eigenvalue weighted by atomic mass is 32.1. The largest absolute Gasteiger partial charge is 0.481 e. The molecule has 1 aromatic rings. The van der Waals surface area contributed by atoms with Crippen LogP contribution in [0.4, 0.5) is 9.93 Å². The maximum absolute atomic E-state index is 11.5. The van der Waals surface area contributed by atoms with Gasteiger partial charge < -0.3 is 10.4 Å². The van der Waals surface area contributed by atoms with E-state index < -0.39 is 12.0 Å². The zero-order valence-corrected chi connectivity index (χ0v) is 10.3. The fourth-order valence-corrected chi connectivity index (χ4v) is 1.91. The molecule has 7 heteroatoms. The van der Waals surface area contributed by atoms with E-state index in [-0.39, 0.29) is 12.5 Å². The van der Waals surface area contributed by atoms with Crippen LogP contribution in [0.25, 0.3) is 0 Å². The molecule has 0 saturated heterocycles. The van der Waals surface area contributed by atoms with E-state index in [9.17, 15) is 9.59 Å². The average molecular weight is 257 g/mol. The number of urea groups is 1. The van der Waals surface area contributed by atoms with Crippen molar-refractivity contribution < 1.29 is 14.7 Å². The summed E-state index contributed by atoms with van der Waals surface area (Å²) in [5, 5.41) is 16.1. The smallest absolute Gasteiger partial charge is 0.321 e. The van der Waals surface area contributed by atoms with Gasteiger partial charge in [0.25, 0.3) is 0 Å². The summed E-state index contributed by atoms with van der Waals surface area (Å²) in [5.41, 5.74) is 0. The van der Waals surface area contributed by atoms with Crippen LogP contribution in [0, 0.1) is 0 Å². The molecule has 94 valence electrons. The highest BCUT2D eigenvalue weighted by Gasteiger charge is 2.15. The number of amides is 2. The van der Waals surface area contributed by atoms with Crippen LogP contribution in [0.5, 0.6) is 0 Å². The van der Waals surface area contributed by atoms with Crippen molar-refractivity contribution in [3.05, 3.63) is 11.6 Å². The van der Waals surface area contributed by atoms with Crippen LogP contribution < -0.4 is 10.6 Å². The van der Waals surface area contributed by atoms with E-state index in [0.29, 0.717) is 11.6 Å². The van der Waals surface area contributed by atoms with Gasteiger partial charge in [0.2, 0.25) is 0 Å². The number of anilines is 1. The monoisotopic (exact) mass is 257 g/mol. The van der Waals surface area contributed by atoms with Crippen LogP contribution in [0.3, 0.4) is 0 Å². The molecule has 2 amide bonds. The Balaban J connectivity index is 2.43. The first-order valence-corrected chi connectivity index (χ1v) is 6.18. The van der Waals surface area contributed by atoms with Crippen LogP contribution in [0.15, 0.2) is 11.6 Å². The Morgan fingerprint density at radius 1 is 1.59 bits per heavy atom. The maximum atomic E-state index is 11.5. The Morgan fingerprint density at radius 2 is 2.35 bits per heavy atom. The third kappa shape index (κ3) is 5.30. The molecule has 3 N–H and O–H groups in total.